The standard InChI is InChI=1S/C15H20N2O3/c1-2-6-12(16)15(20)17-13(9-10-14(18)19)11-7-4-3-5-8-11/h2-5,7-8,12-13H,1,6,9-10,16H2,(H,17,20)(H,18,19). The fourth-order valence-electron chi connectivity index (χ4n) is 1.84. The van der Waals surface area contributed by atoms with Crippen molar-refractivity contribution < 1.29 is 14.7 Å². The van der Waals surface area contributed by atoms with Crippen LogP contribution in [0.1, 0.15) is 30.9 Å². The molecule has 1 rings (SSSR count). The number of carboxylic acid groups (broad SMARTS) is 1. The lowest BCUT2D eigenvalue weighted by atomic mass is 10.0. The monoisotopic (exact) mass is 276 g/mol. The van der Waals surface area contributed by atoms with Gasteiger partial charge in [0, 0.05) is 6.42 Å². The minimum Gasteiger partial charge on any atom is -0.481 e. The van der Waals surface area contributed by atoms with Gasteiger partial charge in [0.15, 0.2) is 0 Å². The number of nitrogens with two attached hydrogens (primary N) is 1. The molecule has 108 valence electrons. The van der Waals surface area contributed by atoms with Gasteiger partial charge in [-0.25, -0.2) is 0 Å². The van der Waals surface area contributed by atoms with Gasteiger partial charge >= 0.3 is 5.97 Å². The van der Waals surface area contributed by atoms with E-state index in [9.17, 15) is 9.59 Å². The molecule has 0 heterocycles. The lowest BCUT2D eigenvalue weighted by molar-refractivity contribution is -0.137. The summed E-state index contributed by atoms with van der Waals surface area (Å²) in [5.74, 6) is -1.19. The summed E-state index contributed by atoms with van der Waals surface area (Å²) in [4.78, 5) is 22.6. The highest BCUT2D eigenvalue weighted by molar-refractivity contribution is 5.82. The third kappa shape index (κ3) is 5.24. The second-order valence-electron chi connectivity index (χ2n) is 4.54. The third-order valence-electron chi connectivity index (χ3n) is 2.92. The van der Waals surface area contributed by atoms with Crippen molar-refractivity contribution >= 4 is 11.9 Å². The van der Waals surface area contributed by atoms with Gasteiger partial charge in [-0.1, -0.05) is 36.4 Å². The van der Waals surface area contributed by atoms with E-state index in [1.54, 1.807) is 6.08 Å². The maximum atomic E-state index is 11.9. The highest BCUT2D eigenvalue weighted by Crippen LogP contribution is 2.18. The Morgan fingerprint density at radius 3 is 2.55 bits per heavy atom. The molecular weight excluding hydrogens is 256 g/mol. The van der Waals surface area contributed by atoms with Crippen molar-refractivity contribution in [2.45, 2.75) is 31.3 Å². The zero-order chi connectivity index (χ0) is 15.0. The van der Waals surface area contributed by atoms with Gasteiger partial charge < -0.3 is 16.2 Å². The molecule has 1 aromatic rings. The molecule has 5 nitrogen and oxygen atoms in total. The topological polar surface area (TPSA) is 92.4 Å². The molecule has 0 spiro atoms. The fraction of sp³-hybridized carbons (Fsp3) is 0.333. The van der Waals surface area contributed by atoms with E-state index in [2.05, 4.69) is 11.9 Å². The molecule has 1 amide bonds. The van der Waals surface area contributed by atoms with E-state index in [1.807, 2.05) is 30.3 Å². The smallest absolute Gasteiger partial charge is 0.303 e. The minimum atomic E-state index is -0.893. The van der Waals surface area contributed by atoms with Crippen molar-refractivity contribution in [1.82, 2.24) is 5.32 Å². The summed E-state index contributed by atoms with van der Waals surface area (Å²) < 4.78 is 0. The molecular formula is C15H20N2O3. The van der Waals surface area contributed by atoms with Gasteiger partial charge in [-0.2, -0.15) is 0 Å². The van der Waals surface area contributed by atoms with Crippen LogP contribution in [0.3, 0.4) is 0 Å². The first-order valence-electron chi connectivity index (χ1n) is 6.48. The molecule has 0 bridgehead atoms. The molecule has 0 aromatic heterocycles. The van der Waals surface area contributed by atoms with Crippen LogP contribution in [0.15, 0.2) is 43.0 Å². The second kappa shape index (κ2) is 8.12. The van der Waals surface area contributed by atoms with Gasteiger partial charge in [-0.15, -0.1) is 6.58 Å². The zero-order valence-corrected chi connectivity index (χ0v) is 11.3. The average Bonchev–Trinajstić information content (AvgIpc) is 2.44. The van der Waals surface area contributed by atoms with Crippen molar-refractivity contribution in [2.24, 2.45) is 5.73 Å². The maximum absolute atomic E-state index is 11.9. The number of nitrogens with one attached hydrogen (secondary N) is 1. The van der Waals surface area contributed by atoms with E-state index in [-0.39, 0.29) is 18.4 Å². The largest absolute Gasteiger partial charge is 0.481 e. The lowest BCUT2D eigenvalue weighted by Gasteiger charge is -2.20. The molecule has 0 saturated carbocycles. The third-order valence-corrected chi connectivity index (χ3v) is 2.92. The van der Waals surface area contributed by atoms with Gasteiger partial charge in [0.2, 0.25) is 5.91 Å². The Morgan fingerprint density at radius 1 is 1.35 bits per heavy atom. The van der Waals surface area contributed by atoms with Gasteiger partial charge in [0.25, 0.3) is 0 Å². The Morgan fingerprint density at radius 2 is 2.00 bits per heavy atom. The van der Waals surface area contributed by atoms with E-state index >= 15 is 0 Å². The number of carbonyl (C=O) groups excluding carboxylic acids is 1. The first-order chi connectivity index (χ1) is 9.54. The van der Waals surface area contributed by atoms with Crippen LogP contribution in [0.4, 0.5) is 0 Å². The molecule has 0 aliphatic rings. The van der Waals surface area contributed by atoms with Crippen molar-refractivity contribution in [3.63, 3.8) is 0 Å². The van der Waals surface area contributed by atoms with Crippen LogP contribution < -0.4 is 11.1 Å². The highest BCUT2D eigenvalue weighted by atomic mass is 16.4. The van der Waals surface area contributed by atoms with Crippen molar-refractivity contribution in [3.05, 3.63) is 48.6 Å². The van der Waals surface area contributed by atoms with E-state index in [0.717, 1.165) is 5.56 Å². The molecule has 0 radical (unpaired) electrons. The van der Waals surface area contributed by atoms with Gasteiger partial charge in [0.05, 0.1) is 12.1 Å². The van der Waals surface area contributed by atoms with E-state index in [1.165, 1.54) is 0 Å². The number of hydrogen-bond acceptors (Lipinski definition) is 3. The van der Waals surface area contributed by atoms with Gasteiger partial charge in [-0.3, -0.25) is 9.59 Å². The Bertz CT molecular complexity index is 459. The highest BCUT2D eigenvalue weighted by Gasteiger charge is 2.19. The number of aliphatic carboxylic acids is 1. The summed E-state index contributed by atoms with van der Waals surface area (Å²) in [7, 11) is 0. The summed E-state index contributed by atoms with van der Waals surface area (Å²) >= 11 is 0. The first kappa shape index (κ1) is 15.9. The maximum Gasteiger partial charge on any atom is 0.303 e. The SMILES string of the molecule is C=CCC(N)C(=O)NC(CCC(=O)O)c1ccccc1. The van der Waals surface area contributed by atoms with Crippen LogP contribution in [0.25, 0.3) is 0 Å². The minimum absolute atomic E-state index is 0.0173. The summed E-state index contributed by atoms with van der Waals surface area (Å²) in [6.45, 7) is 3.54. The van der Waals surface area contributed by atoms with Crippen molar-refractivity contribution in [2.75, 3.05) is 0 Å². The fourth-order valence-corrected chi connectivity index (χ4v) is 1.84. The number of carboxylic acids is 1. The summed E-state index contributed by atoms with van der Waals surface area (Å²) in [6, 6.07) is 8.25. The van der Waals surface area contributed by atoms with Crippen LogP contribution in [0.5, 0.6) is 0 Å². The number of benzene rings is 1. The van der Waals surface area contributed by atoms with Crippen molar-refractivity contribution in [1.29, 1.82) is 0 Å². The van der Waals surface area contributed by atoms with E-state index < -0.39 is 12.0 Å². The molecule has 0 aliphatic heterocycles. The van der Waals surface area contributed by atoms with Crippen molar-refractivity contribution in [3.8, 4) is 0 Å². The molecule has 2 atom stereocenters. The lowest BCUT2D eigenvalue weighted by Crippen LogP contribution is -2.42. The number of rotatable bonds is 8. The van der Waals surface area contributed by atoms with Crippen LogP contribution in [0.2, 0.25) is 0 Å². The molecule has 2 unspecified atom stereocenters. The van der Waals surface area contributed by atoms with Crippen LogP contribution in [-0.2, 0) is 9.59 Å². The number of carbonyl (C=O) groups is 2. The second-order valence-corrected chi connectivity index (χ2v) is 4.54. The van der Waals surface area contributed by atoms with E-state index in [0.29, 0.717) is 12.8 Å². The zero-order valence-electron chi connectivity index (χ0n) is 11.3. The number of amides is 1. The molecule has 20 heavy (non-hydrogen) atoms. The molecule has 0 fully saturated rings. The van der Waals surface area contributed by atoms with Crippen LogP contribution in [-0.4, -0.2) is 23.0 Å². The predicted octanol–water partition coefficient (Wildman–Crippen LogP) is 1.61. The number of hydrogen-bond donors (Lipinski definition) is 3. The summed E-state index contributed by atoms with van der Waals surface area (Å²) in [6.07, 6.45) is 2.27. The average molecular weight is 276 g/mol. The van der Waals surface area contributed by atoms with E-state index in [4.69, 9.17) is 10.8 Å². The Hall–Kier alpha value is -2.14. The Labute approximate surface area is 118 Å². The molecule has 4 N–H and O–H groups in total. The Balaban J connectivity index is 2.75. The normalized spacial score (nSPS) is 13.2. The molecule has 1 aromatic carbocycles. The summed E-state index contributed by atoms with van der Waals surface area (Å²) in [5, 5.41) is 11.6. The van der Waals surface area contributed by atoms with Gasteiger partial charge in [0.1, 0.15) is 0 Å². The first-order valence-corrected chi connectivity index (χ1v) is 6.48. The van der Waals surface area contributed by atoms with Gasteiger partial charge in [-0.05, 0) is 18.4 Å². The molecule has 0 aliphatic carbocycles. The van der Waals surface area contributed by atoms with Crippen LogP contribution >= 0.6 is 0 Å². The quantitative estimate of drug-likeness (QED) is 0.629. The van der Waals surface area contributed by atoms with Crippen LogP contribution in [0, 0.1) is 0 Å². The Kier molecular flexibility index (Phi) is 6.46. The molecule has 0 saturated heterocycles. The summed E-state index contributed by atoms with van der Waals surface area (Å²) in [5.41, 5.74) is 6.58. The molecule has 5 heteroatoms. The predicted molar refractivity (Wildman–Crippen MR) is 77.0 cm³/mol.